The molecular weight excluding hydrogens is 263 g/mol. The summed E-state index contributed by atoms with van der Waals surface area (Å²) in [6.07, 6.45) is 0.552. The van der Waals surface area contributed by atoms with Gasteiger partial charge in [0.25, 0.3) is 0 Å². The number of carbonyl (C=O) groups excluding carboxylic acids is 1. The van der Waals surface area contributed by atoms with Gasteiger partial charge in [-0.05, 0) is 48.7 Å². The summed E-state index contributed by atoms with van der Waals surface area (Å²) in [7, 11) is 0. The van der Waals surface area contributed by atoms with Crippen molar-refractivity contribution >= 4 is 17.4 Å². The molecule has 0 fully saturated rings. The van der Waals surface area contributed by atoms with E-state index in [1.165, 1.54) is 19.1 Å². The number of Topliss-reactive ketones (excluding diaryl/α,β-unsaturated/α-hetero) is 1. The summed E-state index contributed by atoms with van der Waals surface area (Å²) in [4.78, 5) is 11.8. The summed E-state index contributed by atoms with van der Waals surface area (Å²) >= 11 is 5.83. The van der Waals surface area contributed by atoms with Crippen molar-refractivity contribution in [3.05, 3.63) is 70.5 Å². The molecule has 0 saturated carbocycles. The van der Waals surface area contributed by atoms with Crippen LogP contribution in [-0.2, 0) is 11.2 Å². The minimum absolute atomic E-state index is 0.0283. The second-order valence-corrected chi connectivity index (χ2v) is 4.99. The van der Waals surface area contributed by atoms with Gasteiger partial charge in [0.15, 0.2) is 0 Å². The molecule has 3 heteroatoms. The molecule has 19 heavy (non-hydrogen) atoms. The van der Waals surface area contributed by atoms with E-state index in [0.29, 0.717) is 17.0 Å². The van der Waals surface area contributed by atoms with Gasteiger partial charge in [-0.15, -0.1) is 0 Å². The Morgan fingerprint density at radius 2 is 1.89 bits per heavy atom. The smallest absolute Gasteiger partial charge is 0.137 e. The van der Waals surface area contributed by atoms with E-state index >= 15 is 0 Å². The van der Waals surface area contributed by atoms with Crippen molar-refractivity contribution in [3.8, 4) is 0 Å². The van der Waals surface area contributed by atoms with Crippen LogP contribution in [0.25, 0.3) is 0 Å². The van der Waals surface area contributed by atoms with E-state index in [-0.39, 0.29) is 17.5 Å². The third kappa shape index (κ3) is 3.65. The predicted octanol–water partition coefficient (Wildman–Crippen LogP) is 4.39. The molecule has 0 amide bonds. The van der Waals surface area contributed by atoms with Crippen LogP contribution >= 0.6 is 11.6 Å². The standard InChI is InChI=1S/C16H14ClFO/c1-11(19)16(13-3-2-4-15(18)10-13)9-12-5-7-14(17)8-6-12/h2-8,10,16H,9H2,1H3. The van der Waals surface area contributed by atoms with Gasteiger partial charge in [-0.3, -0.25) is 4.79 Å². The van der Waals surface area contributed by atoms with Gasteiger partial charge in [-0.2, -0.15) is 0 Å². The maximum absolute atomic E-state index is 13.3. The third-order valence-electron chi connectivity index (χ3n) is 3.09. The molecule has 0 aliphatic rings. The van der Waals surface area contributed by atoms with Crippen LogP contribution in [0.3, 0.4) is 0 Å². The van der Waals surface area contributed by atoms with Crippen LogP contribution in [0.2, 0.25) is 5.02 Å². The highest BCUT2D eigenvalue weighted by Crippen LogP contribution is 2.23. The molecule has 0 aliphatic carbocycles. The molecule has 1 atom stereocenters. The minimum atomic E-state index is -0.322. The molecule has 0 heterocycles. The quantitative estimate of drug-likeness (QED) is 0.809. The van der Waals surface area contributed by atoms with Crippen molar-refractivity contribution in [2.45, 2.75) is 19.3 Å². The lowest BCUT2D eigenvalue weighted by Crippen LogP contribution is -2.12. The predicted molar refractivity (Wildman–Crippen MR) is 75.0 cm³/mol. The minimum Gasteiger partial charge on any atom is -0.299 e. The Labute approximate surface area is 117 Å². The van der Waals surface area contributed by atoms with Crippen molar-refractivity contribution in [2.75, 3.05) is 0 Å². The van der Waals surface area contributed by atoms with Crippen molar-refractivity contribution in [2.24, 2.45) is 0 Å². The van der Waals surface area contributed by atoms with E-state index in [4.69, 9.17) is 11.6 Å². The Kier molecular flexibility index (Phi) is 4.33. The summed E-state index contributed by atoms with van der Waals surface area (Å²) in [6.45, 7) is 1.53. The number of carbonyl (C=O) groups is 1. The Morgan fingerprint density at radius 3 is 2.47 bits per heavy atom. The Hall–Kier alpha value is -1.67. The average Bonchev–Trinajstić information content (AvgIpc) is 2.37. The van der Waals surface area contributed by atoms with E-state index in [1.54, 1.807) is 24.3 Å². The Balaban J connectivity index is 2.26. The molecule has 1 unspecified atom stereocenters. The molecule has 0 aliphatic heterocycles. The highest BCUT2D eigenvalue weighted by molar-refractivity contribution is 6.30. The van der Waals surface area contributed by atoms with Gasteiger partial charge in [0.1, 0.15) is 11.6 Å². The number of rotatable bonds is 4. The summed E-state index contributed by atoms with van der Waals surface area (Å²) < 4.78 is 13.3. The number of ketones is 1. The number of hydrogen-bond donors (Lipinski definition) is 0. The van der Waals surface area contributed by atoms with Crippen LogP contribution in [-0.4, -0.2) is 5.78 Å². The van der Waals surface area contributed by atoms with Crippen LogP contribution in [0.15, 0.2) is 48.5 Å². The number of hydrogen-bond acceptors (Lipinski definition) is 1. The normalized spacial score (nSPS) is 12.2. The fraction of sp³-hybridized carbons (Fsp3) is 0.188. The van der Waals surface area contributed by atoms with Gasteiger partial charge in [0.05, 0.1) is 0 Å². The van der Waals surface area contributed by atoms with Crippen molar-refractivity contribution in [1.82, 2.24) is 0 Å². The van der Waals surface area contributed by atoms with Crippen LogP contribution in [0, 0.1) is 5.82 Å². The van der Waals surface area contributed by atoms with Crippen LogP contribution in [0.1, 0.15) is 24.0 Å². The fourth-order valence-electron chi connectivity index (χ4n) is 2.08. The van der Waals surface area contributed by atoms with E-state index in [2.05, 4.69) is 0 Å². The maximum Gasteiger partial charge on any atom is 0.137 e. The van der Waals surface area contributed by atoms with E-state index in [9.17, 15) is 9.18 Å². The summed E-state index contributed by atoms with van der Waals surface area (Å²) in [5.41, 5.74) is 1.72. The molecule has 0 radical (unpaired) electrons. The molecule has 0 N–H and O–H groups in total. The second-order valence-electron chi connectivity index (χ2n) is 4.55. The highest BCUT2D eigenvalue weighted by atomic mass is 35.5. The van der Waals surface area contributed by atoms with Gasteiger partial charge in [-0.1, -0.05) is 35.9 Å². The summed E-state index contributed by atoms with van der Waals surface area (Å²) in [5.74, 6) is -0.614. The first-order valence-corrected chi connectivity index (χ1v) is 6.44. The lowest BCUT2D eigenvalue weighted by molar-refractivity contribution is -0.118. The van der Waals surface area contributed by atoms with Crippen LogP contribution in [0.4, 0.5) is 4.39 Å². The van der Waals surface area contributed by atoms with Gasteiger partial charge in [0.2, 0.25) is 0 Å². The zero-order chi connectivity index (χ0) is 13.8. The lowest BCUT2D eigenvalue weighted by atomic mass is 9.89. The number of benzene rings is 2. The van der Waals surface area contributed by atoms with Gasteiger partial charge in [0, 0.05) is 10.9 Å². The van der Waals surface area contributed by atoms with Crippen molar-refractivity contribution in [3.63, 3.8) is 0 Å². The van der Waals surface area contributed by atoms with E-state index < -0.39 is 0 Å². The molecule has 98 valence electrons. The molecule has 1 nitrogen and oxygen atoms in total. The zero-order valence-corrected chi connectivity index (χ0v) is 11.3. The first-order chi connectivity index (χ1) is 9.06. The van der Waals surface area contributed by atoms with Crippen molar-refractivity contribution < 1.29 is 9.18 Å². The molecule has 0 aromatic heterocycles. The fourth-order valence-corrected chi connectivity index (χ4v) is 2.20. The Morgan fingerprint density at radius 1 is 1.21 bits per heavy atom. The van der Waals surface area contributed by atoms with Gasteiger partial charge < -0.3 is 0 Å². The van der Waals surface area contributed by atoms with Gasteiger partial charge >= 0.3 is 0 Å². The zero-order valence-electron chi connectivity index (χ0n) is 10.6. The first-order valence-electron chi connectivity index (χ1n) is 6.06. The Bertz CT molecular complexity index is 578. The van der Waals surface area contributed by atoms with Crippen LogP contribution < -0.4 is 0 Å². The summed E-state index contributed by atoms with van der Waals surface area (Å²) in [6, 6.07) is 13.6. The molecule has 0 spiro atoms. The van der Waals surface area contributed by atoms with E-state index in [0.717, 1.165) is 5.56 Å². The molecule has 2 rings (SSSR count). The second kappa shape index (κ2) is 5.98. The van der Waals surface area contributed by atoms with Crippen molar-refractivity contribution in [1.29, 1.82) is 0 Å². The largest absolute Gasteiger partial charge is 0.299 e. The monoisotopic (exact) mass is 276 g/mol. The molecule has 2 aromatic rings. The maximum atomic E-state index is 13.3. The lowest BCUT2D eigenvalue weighted by Gasteiger charge is -2.14. The highest BCUT2D eigenvalue weighted by Gasteiger charge is 2.17. The molecular formula is C16H14ClFO. The molecule has 0 bridgehead atoms. The molecule has 0 saturated heterocycles. The number of halogens is 2. The first kappa shape index (κ1) is 13.8. The van der Waals surface area contributed by atoms with E-state index in [1.807, 2.05) is 12.1 Å². The third-order valence-corrected chi connectivity index (χ3v) is 3.35. The molecule has 2 aromatic carbocycles. The topological polar surface area (TPSA) is 17.1 Å². The summed E-state index contributed by atoms with van der Waals surface area (Å²) in [5, 5.41) is 0.661. The SMILES string of the molecule is CC(=O)C(Cc1ccc(Cl)cc1)c1cccc(F)c1. The van der Waals surface area contributed by atoms with Gasteiger partial charge in [-0.25, -0.2) is 4.39 Å². The van der Waals surface area contributed by atoms with Crippen LogP contribution in [0.5, 0.6) is 0 Å². The average molecular weight is 277 g/mol.